The summed E-state index contributed by atoms with van der Waals surface area (Å²) in [5, 5.41) is 2.38. The van der Waals surface area contributed by atoms with E-state index < -0.39 is 33.7 Å². The molecule has 0 aliphatic carbocycles. The zero-order valence-corrected chi connectivity index (χ0v) is 19.6. The van der Waals surface area contributed by atoms with Crippen LogP contribution in [-0.2, 0) is 27.4 Å². The Bertz CT molecular complexity index is 1250. The number of halogens is 4. The summed E-state index contributed by atoms with van der Waals surface area (Å²) in [6.45, 7) is 1.75. The second-order valence-corrected chi connectivity index (χ2v) is 9.76. The number of sulfonamides is 1. The third kappa shape index (κ3) is 6.82. The molecule has 0 bridgehead atoms. The lowest BCUT2D eigenvalue weighted by Crippen LogP contribution is -2.26. The van der Waals surface area contributed by atoms with E-state index in [0.717, 1.165) is 23.8 Å². The fraction of sp³-hybridized carbons (Fsp3) is 0.208. The number of amides is 1. The van der Waals surface area contributed by atoms with Crippen LogP contribution in [0, 0.1) is 0 Å². The lowest BCUT2D eigenvalue weighted by Gasteiger charge is -2.15. The van der Waals surface area contributed by atoms with Crippen molar-refractivity contribution in [1.82, 2.24) is 4.72 Å². The summed E-state index contributed by atoms with van der Waals surface area (Å²) >= 11 is 5.90. The summed E-state index contributed by atoms with van der Waals surface area (Å²) in [7, 11) is -3.75. The van der Waals surface area contributed by atoms with E-state index >= 15 is 0 Å². The van der Waals surface area contributed by atoms with E-state index in [1.807, 2.05) is 30.3 Å². The van der Waals surface area contributed by atoms with Crippen molar-refractivity contribution in [2.75, 3.05) is 5.32 Å². The molecule has 1 atom stereocenters. The van der Waals surface area contributed by atoms with Crippen molar-refractivity contribution >= 4 is 33.2 Å². The van der Waals surface area contributed by atoms with Crippen molar-refractivity contribution < 1.29 is 26.4 Å². The van der Waals surface area contributed by atoms with Crippen molar-refractivity contribution in [3.05, 3.63) is 94.5 Å². The first-order valence-corrected chi connectivity index (χ1v) is 12.1. The Kier molecular flexibility index (Phi) is 8.01. The van der Waals surface area contributed by atoms with Gasteiger partial charge in [0.05, 0.1) is 21.2 Å². The van der Waals surface area contributed by atoms with E-state index in [4.69, 9.17) is 11.6 Å². The Morgan fingerprint density at radius 1 is 1.00 bits per heavy atom. The van der Waals surface area contributed by atoms with Crippen molar-refractivity contribution in [3.8, 4) is 0 Å². The van der Waals surface area contributed by atoms with E-state index in [0.29, 0.717) is 5.56 Å². The zero-order valence-electron chi connectivity index (χ0n) is 18.1. The molecule has 5 nitrogen and oxygen atoms in total. The fourth-order valence-corrected chi connectivity index (χ4v) is 4.61. The van der Waals surface area contributed by atoms with Crippen LogP contribution in [0.3, 0.4) is 0 Å². The van der Waals surface area contributed by atoms with Gasteiger partial charge in [-0.25, -0.2) is 13.1 Å². The number of benzene rings is 3. The third-order valence-electron chi connectivity index (χ3n) is 5.07. The molecule has 0 fully saturated rings. The highest BCUT2D eigenvalue weighted by Gasteiger charge is 2.31. The molecule has 1 amide bonds. The number of hydrogen-bond acceptors (Lipinski definition) is 3. The molecular weight excluding hydrogens is 489 g/mol. The highest BCUT2D eigenvalue weighted by molar-refractivity contribution is 7.89. The molecule has 2 N–H and O–H groups in total. The molecule has 0 unspecified atom stereocenters. The maximum absolute atomic E-state index is 12.9. The van der Waals surface area contributed by atoms with Crippen molar-refractivity contribution in [3.63, 3.8) is 0 Å². The Morgan fingerprint density at radius 3 is 2.26 bits per heavy atom. The minimum atomic E-state index is -4.56. The molecule has 0 heterocycles. The smallest absolute Gasteiger partial charge is 0.325 e. The normalized spacial score (nSPS) is 12.9. The summed E-state index contributed by atoms with van der Waals surface area (Å²) in [6.07, 6.45) is -4.32. The van der Waals surface area contributed by atoms with Crippen LogP contribution in [0.4, 0.5) is 18.9 Å². The summed E-state index contributed by atoms with van der Waals surface area (Å²) in [4.78, 5) is 12.3. The van der Waals surface area contributed by atoms with Crippen LogP contribution in [-0.4, -0.2) is 14.3 Å². The van der Waals surface area contributed by atoms with Gasteiger partial charge in [0.25, 0.3) is 0 Å². The fourth-order valence-electron chi connectivity index (χ4n) is 3.21. The summed E-state index contributed by atoms with van der Waals surface area (Å²) in [6, 6.07) is 17.5. The molecule has 0 aromatic heterocycles. The van der Waals surface area contributed by atoms with E-state index in [1.165, 1.54) is 12.1 Å². The van der Waals surface area contributed by atoms with Crippen LogP contribution in [0.5, 0.6) is 0 Å². The van der Waals surface area contributed by atoms with Gasteiger partial charge < -0.3 is 5.32 Å². The van der Waals surface area contributed by atoms with Gasteiger partial charge in [0.15, 0.2) is 0 Å². The Hall–Kier alpha value is -2.88. The van der Waals surface area contributed by atoms with Crippen molar-refractivity contribution in [2.24, 2.45) is 0 Å². The van der Waals surface area contributed by atoms with Crippen LogP contribution < -0.4 is 10.0 Å². The van der Waals surface area contributed by atoms with E-state index in [2.05, 4.69) is 10.0 Å². The Morgan fingerprint density at radius 2 is 1.65 bits per heavy atom. The first-order chi connectivity index (χ1) is 16.0. The first-order valence-electron chi connectivity index (χ1n) is 10.3. The predicted molar refractivity (Wildman–Crippen MR) is 125 cm³/mol. The number of nitrogens with one attached hydrogen (secondary N) is 2. The summed E-state index contributed by atoms with van der Waals surface area (Å²) in [5.41, 5.74) is 0.482. The van der Waals surface area contributed by atoms with Gasteiger partial charge in [0, 0.05) is 12.5 Å². The van der Waals surface area contributed by atoms with Gasteiger partial charge in [-0.2, -0.15) is 13.2 Å². The third-order valence-corrected chi connectivity index (χ3v) is 6.96. The topological polar surface area (TPSA) is 75.3 Å². The van der Waals surface area contributed by atoms with E-state index in [9.17, 15) is 26.4 Å². The van der Waals surface area contributed by atoms with Crippen molar-refractivity contribution in [2.45, 2.75) is 36.9 Å². The highest BCUT2D eigenvalue weighted by atomic mass is 35.5. The average molecular weight is 511 g/mol. The maximum atomic E-state index is 12.9. The Balaban J connectivity index is 1.59. The molecule has 0 radical (unpaired) electrons. The quantitative estimate of drug-likeness (QED) is 0.392. The number of hydrogen-bond donors (Lipinski definition) is 2. The highest BCUT2D eigenvalue weighted by Crippen LogP contribution is 2.33. The van der Waals surface area contributed by atoms with Gasteiger partial charge in [-0.3, -0.25) is 4.79 Å². The van der Waals surface area contributed by atoms with Crippen LogP contribution in [0.1, 0.15) is 36.1 Å². The lowest BCUT2D eigenvalue weighted by atomic mass is 10.1. The molecule has 3 aromatic rings. The number of aryl methyl sites for hydroxylation is 1. The van der Waals surface area contributed by atoms with Crippen LogP contribution >= 0.6 is 11.6 Å². The molecule has 3 rings (SSSR count). The van der Waals surface area contributed by atoms with Crippen molar-refractivity contribution in [1.29, 1.82) is 0 Å². The number of alkyl halides is 3. The molecule has 3 aromatic carbocycles. The predicted octanol–water partition coefficient (Wildman–Crippen LogP) is 5.97. The van der Waals surface area contributed by atoms with Crippen LogP contribution in [0.15, 0.2) is 77.7 Å². The monoisotopic (exact) mass is 510 g/mol. The van der Waals surface area contributed by atoms with E-state index in [1.54, 1.807) is 19.1 Å². The SMILES string of the molecule is C[C@@H](NS(=O)(=O)c1ccc(CCC(=O)Nc2cc(C(F)(F)F)ccc2Cl)cc1)c1ccccc1. The molecule has 0 spiro atoms. The molecule has 0 saturated carbocycles. The standard InChI is InChI=1S/C24H22ClF3N2O3S/c1-16(18-5-3-2-4-6-18)30-34(32,33)20-11-7-17(8-12-20)9-14-23(31)29-22-15-19(24(26,27)28)10-13-21(22)25/h2-8,10-13,15-16,30H,9,14H2,1H3,(H,29,31)/t16-/m1/s1. The minimum absolute atomic E-state index is 0.00635. The molecule has 180 valence electrons. The Labute approximate surface area is 201 Å². The molecule has 10 heteroatoms. The second kappa shape index (κ2) is 10.6. The summed E-state index contributed by atoms with van der Waals surface area (Å²) in [5.74, 6) is -0.517. The summed E-state index contributed by atoms with van der Waals surface area (Å²) < 4.78 is 66.6. The number of anilines is 1. The number of rotatable bonds is 8. The van der Waals surface area contributed by atoms with Crippen LogP contribution in [0.2, 0.25) is 5.02 Å². The maximum Gasteiger partial charge on any atom is 0.416 e. The molecule has 0 aliphatic heterocycles. The minimum Gasteiger partial charge on any atom is -0.325 e. The second-order valence-electron chi connectivity index (χ2n) is 7.64. The zero-order chi connectivity index (χ0) is 24.9. The number of carbonyl (C=O) groups is 1. The van der Waals surface area contributed by atoms with E-state index in [-0.39, 0.29) is 28.4 Å². The van der Waals surface area contributed by atoms with Gasteiger partial charge in [-0.15, -0.1) is 0 Å². The molecule has 0 saturated heterocycles. The molecular formula is C24H22ClF3N2O3S. The largest absolute Gasteiger partial charge is 0.416 e. The van der Waals surface area contributed by atoms with Gasteiger partial charge in [-0.1, -0.05) is 54.1 Å². The van der Waals surface area contributed by atoms with Gasteiger partial charge >= 0.3 is 6.18 Å². The lowest BCUT2D eigenvalue weighted by molar-refractivity contribution is -0.137. The van der Waals surface area contributed by atoms with Gasteiger partial charge in [-0.05, 0) is 54.8 Å². The van der Waals surface area contributed by atoms with Crippen LogP contribution in [0.25, 0.3) is 0 Å². The molecule has 0 aliphatic rings. The van der Waals surface area contributed by atoms with Gasteiger partial charge in [0.1, 0.15) is 0 Å². The van der Waals surface area contributed by atoms with Gasteiger partial charge in [0.2, 0.25) is 15.9 Å². The average Bonchev–Trinajstić information content (AvgIpc) is 2.79. The molecule has 34 heavy (non-hydrogen) atoms. The number of carbonyl (C=O) groups excluding carboxylic acids is 1. The first kappa shape index (κ1) is 25.7.